The summed E-state index contributed by atoms with van der Waals surface area (Å²) in [5.74, 6) is 1.60. The highest BCUT2D eigenvalue weighted by Crippen LogP contribution is 2.12. The fourth-order valence-corrected chi connectivity index (χ4v) is 1.80. The van der Waals surface area contributed by atoms with Gasteiger partial charge in [0.2, 0.25) is 0 Å². The van der Waals surface area contributed by atoms with E-state index < -0.39 is 0 Å². The maximum atomic E-state index is 5.22. The second kappa shape index (κ2) is 6.01. The van der Waals surface area contributed by atoms with Gasteiger partial charge in [0.05, 0.1) is 12.6 Å². The second-order valence-corrected chi connectivity index (χ2v) is 4.59. The molecule has 1 heterocycles. The minimum Gasteiger partial charge on any atom is -0.383 e. The van der Waals surface area contributed by atoms with Crippen LogP contribution in [0, 0.1) is 5.92 Å². The number of nitrogens with zero attached hydrogens (tertiary/aromatic N) is 2. The first-order valence-electron chi connectivity index (χ1n) is 5.78. The molecule has 0 radical (unpaired) electrons. The molecule has 1 rings (SSSR count). The molecular formula is C12H23N3O. The molecule has 0 amide bonds. The normalized spacial score (nSPS) is 15.4. The maximum Gasteiger partial charge on any atom is 0.125 e. The van der Waals surface area contributed by atoms with Gasteiger partial charge in [-0.3, -0.25) is 0 Å². The van der Waals surface area contributed by atoms with E-state index in [1.165, 1.54) is 0 Å². The predicted octanol–water partition coefficient (Wildman–Crippen LogP) is 1.74. The van der Waals surface area contributed by atoms with Crippen LogP contribution in [0.3, 0.4) is 0 Å². The first-order valence-corrected chi connectivity index (χ1v) is 5.78. The van der Waals surface area contributed by atoms with Gasteiger partial charge >= 0.3 is 0 Å². The third-order valence-corrected chi connectivity index (χ3v) is 2.86. The Hall–Kier alpha value is -0.870. The van der Waals surface area contributed by atoms with E-state index in [0.29, 0.717) is 12.0 Å². The van der Waals surface area contributed by atoms with Crippen LogP contribution >= 0.6 is 0 Å². The van der Waals surface area contributed by atoms with Crippen molar-refractivity contribution < 1.29 is 4.74 Å². The molecule has 0 aliphatic carbocycles. The molecular weight excluding hydrogens is 202 g/mol. The molecule has 1 aromatic rings. The standard InChI is InChI=1S/C12H23N3O/c1-9(2)11(8-16-5)14-10(3)12-13-6-7-15(12)4/h6-7,9-11,14H,8H2,1-5H3. The first kappa shape index (κ1) is 13.2. The Labute approximate surface area is 98.0 Å². The van der Waals surface area contributed by atoms with Crippen LogP contribution in [0.25, 0.3) is 0 Å². The summed E-state index contributed by atoms with van der Waals surface area (Å²) in [6.07, 6.45) is 3.79. The van der Waals surface area contributed by atoms with Crippen molar-refractivity contribution in [3.05, 3.63) is 18.2 Å². The number of aryl methyl sites for hydroxylation is 1. The van der Waals surface area contributed by atoms with Crippen LogP contribution in [0.4, 0.5) is 0 Å². The average Bonchev–Trinajstić information content (AvgIpc) is 2.63. The molecule has 0 bridgehead atoms. The summed E-state index contributed by atoms with van der Waals surface area (Å²) >= 11 is 0. The summed E-state index contributed by atoms with van der Waals surface area (Å²) < 4.78 is 7.27. The number of rotatable bonds is 6. The van der Waals surface area contributed by atoms with Crippen molar-refractivity contribution in [2.75, 3.05) is 13.7 Å². The van der Waals surface area contributed by atoms with Gasteiger partial charge in [0.25, 0.3) is 0 Å². The number of methoxy groups -OCH3 is 1. The van der Waals surface area contributed by atoms with Gasteiger partial charge in [0.15, 0.2) is 0 Å². The number of hydrogen-bond donors (Lipinski definition) is 1. The lowest BCUT2D eigenvalue weighted by atomic mass is 10.0. The van der Waals surface area contributed by atoms with Crippen LogP contribution in [0.5, 0.6) is 0 Å². The third kappa shape index (κ3) is 3.32. The minimum atomic E-state index is 0.238. The number of imidazole rings is 1. The summed E-state index contributed by atoms with van der Waals surface area (Å²) in [6.45, 7) is 7.25. The van der Waals surface area contributed by atoms with Crippen molar-refractivity contribution in [3.8, 4) is 0 Å². The molecule has 92 valence electrons. The Morgan fingerprint density at radius 2 is 2.12 bits per heavy atom. The minimum absolute atomic E-state index is 0.238. The summed E-state index contributed by atoms with van der Waals surface area (Å²) in [6, 6.07) is 0.597. The largest absolute Gasteiger partial charge is 0.383 e. The molecule has 0 saturated carbocycles. The quantitative estimate of drug-likeness (QED) is 0.801. The van der Waals surface area contributed by atoms with Crippen molar-refractivity contribution in [2.45, 2.75) is 32.9 Å². The molecule has 1 aromatic heterocycles. The second-order valence-electron chi connectivity index (χ2n) is 4.59. The molecule has 0 aliphatic rings. The topological polar surface area (TPSA) is 39.1 Å². The van der Waals surface area contributed by atoms with Gasteiger partial charge in [-0.05, 0) is 12.8 Å². The van der Waals surface area contributed by atoms with Gasteiger partial charge in [-0.25, -0.2) is 4.98 Å². The molecule has 2 unspecified atom stereocenters. The van der Waals surface area contributed by atoms with E-state index in [-0.39, 0.29) is 6.04 Å². The van der Waals surface area contributed by atoms with Gasteiger partial charge in [-0.15, -0.1) is 0 Å². The summed E-state index contributed by atoms with van der Waals surface area (Å²) in [4.78, 5) is 4.35. The van der Waals surface area contributed by atoms with E-state index in [0.717, 1.165) is 12.4 Å². The van der Waals surface area contributed by atoms with Crippen molar-refractivity contribution in [3.63, 3.8) is 0 Å². The fraction of sp³-hybridized carbons (Fsp3) is 0.750. The zero-order chi connectivity index (χ0) is 12.1. The lowest BCUT2D eigenvalue weighted by Gasteiger charge is -2.25. The molecule has 0 aliphatic heterocycles. The summed E-state index contributed by atoms with van der Waals surface area (Å²) in [5.41, 5.74) is 0. The Balaban J connectivity index is 2.61. The van der Waals surface area contributed by atoms with Crippen molar-refractivity contribution >= 4 is 0 Å². The SMILES string of the molecule is COCC(NC(C)c1nccn1C)C(C)C. The van der Waals surface area contributed by atoms with Crippen LogP contribution in [0.2, 0.25) is 0 Å². The van der Waals surface area contributed by atoms with E-state index in [1.807, 2.05) is 24.0 Å². The number of hydrogen-bond acceptors (Lipinski definition) is 3. The molecule has 2 atom stereocenters. The van der Waals surface area contributed by atoms with Crippen molar-refractivity contribution in [1.29, 1.82) is 0 Å². The Kier molecular flexibility index (Phi) is 4.96. The van der Waals surface area contributed by atoms with Crippen molar-refractivity contribution in [2.24, 2.45) is 13.0 Å². The molecule has 0 fully saturated rings. The number of aromatic nitrogens is 2. The Bertz CT molecular complexity index is 309. The van der Waals surface area contributed by atoms with E-state index in [2.05, 4.69) is 31.1 Å². The highest BCUT2D eigenvalue weighted by molar-refractivity contribution is 4.98. The van der Waals surface area contributed by atoms with Gasteiger partial charge < -0.3 is 14.6 Å². The zero-order valence-electron chi connectivity index (χ0n) is 10.9. The van der Waals surface area contributed by atoms with Gasteiger partial charge in [0.1, 0.15) is 5.82 Å². The molecule has 0 aromatic carbocycles. The van der Waals surface area contributed by atoms with Crippen LogP contribution in [-0.4, -0.2) is 29.3 Å². The molecule has 1 N–H and O–H groups in total. The lowest BCUT2D eigenvalue weighted by molar-refractivity contribution is 0.140. The average molecular weight is 225 g/mol. The molecule has 0 spiro atoms. The predicted molar refractivity (Wildman–Crippen MR) is 65.3 cm³/mol. The van der Waals surface area contributed by atoms with E-state index >= 15 is 0 Å². The Morgan fingerprint density at radius 3 is 2.56 bits per heavy atom. The van der Waals surface area contributed by atoms with Crippen LogP contribution < -0.4 is 5.32 Å². The van der Waals surface area contributed by atoms with Crippen molar-refractivity contribution in [1.82, 2.24) is 14.9 Å². The van der Waals surface area contributed by atoms with Gasteiger partial charge in [0, 0.05) is 32.6 Å². The molecule has 4 heteroatoms. The molecule has 16 heavy (non-hydrogen) atoms. The molecule has 0 saturated heterocycles. The summed E-state index contributed by atoms with van der Waals surface area (Å²) in [7, 11) is 3.75. The monoisotopic (exact) mass is 225 g/mol. The zero-order valence-corrected chi connectivity index (χ0v) is 10.9. The maximum absolute atomic E-state index is 5.22. The third-order valence-electron chi connectivity index (χ3n) is 2.86. The number of nitrogens with one attached hydrogen (secondary N) is 1. The van der Waals surface area contributed by atoms with Crippen LogP contribution in [-0.2, 0) is 11.8 Å². The van der Waals surface area contributed by atoms with Crippen LogP contribution in [0.15, 0.2) is 12.4 Å². The van der Waals surface area contributed by atoms with Gasteiger partial charge in [-0.2, -0.15) is 0 Å². The van der Waals surface area contributed by atoms with Gasteiger partial charge in [-0.1, -0.05) is 13.8 Å². The lowest BCUT2D eigenvalue weighted by Crippen LogP contribution is -2.39. The fourth-order valence-electron chi connectivity index (χ4n) is 1.80. The highest BCUT2D eigenvalue weighted by Gasteiger charge is 2.18. The van der Waals surface area contributed by atoms with E-state index in [9.17, 15) is 0 Å². The number of ether oxygens (including phenoxy) is 1. The van der Waals surface area contributed by atoms with E-state index in [1.54, 1.807) is 7.11 Å². The van der Waals surface area contributed by atoms with E-state index in [4.69, 9.17) is 4.74 Å². The summed E-state index contributed by atoms with van der Waals surface area (Å²) in [5, 5.41) is 3.55. The first-order chi connectivity index (χ1) is 7.56. The molecule has 4 nitrogen and oxygen atoms in total. The Morgan fingerprint density at radius 1 is 1.44 bits per heavy atom. The smallest absolute Gasteiger partial charge is 0.125 e. The van der Waals surface area contributed by atoms with Crippen LogP contribution in [0.1, 0.15) is 32.6 Å². The highest BCUT2D eigenvalue weighted by atomic mass is 16.5.